The Morgan fingerprint density at radius 1 is 1.23 bits per heavy atom. The maximum Gasteiger partial charge on any atom is 0.254 e. The first-order valence-corrected chi connectivity index (χ1v) is 9.19. The maximum atomic E-state index is 12.9. The summed E-state index contributed by atoms with van der Waals surface area (Å²) in [5.74, 6) is 1.38. The number of hydrogen-bond acceptors (Lipinski definition) is 5. The molecule has 2 saturated heterocycles. The zero-order valence-corrected chi connectivity index (χ0v) is 15.4. The van der Waals surface area contributed by atoms with Crippen molar-refractivity contribution in [1.82, 2.24) is 14.8 Å². The van der Waals surface area contributed by atoms with Crippen molar-refractivity contribution in [3.05, 3.63) is 53.2 Å². The van der Waals surface area contributed by atoms with Gasteiger partial charge in [0, 0.05) is 49.0 Å². The van der Waals surface area contributed by atoms with Gasteiger partial charge in [-0.25, -0.2) is 0 Å². The van der Waals surface area contributed by atoms with Crippen molar-refractivity contribution in [1.29, 1.82) is 0 Å². The van der Waals surface area contributed by atoms with Crippen LogP contribution in [0.4, 0.5) is 0 Å². The fraction of sp³-hybridized carbons (Fsp3) is 0.500. The molecular weight excluding hydrogens is 330 g/mol. The van der Waals surface area contributed by atoms with Gasteiger partial charge in [0.05, 0.1) is 25.5 Å². The van der Waals surface area contributed by atoms with E-state index in [9.17, 15) is 4.79 Å². The van der Waals surface area contributed by atoms with Crippen LogP contribution in [0, 0.1) is 19.8 Å². The maximum absolute atomic E-state index is 12.9. The molecule has 2 aromatic heterocycles. The van der Waals surface area contributed by atoms with E-state index in [1.54, 1.807) is 6.26 Å². The highest BCUT2D eigenvalue weighted by Crippen LogP contribution is 2.26. The summed E-state index contributed by atoms with van der Waals surface area (Å²) in [5, 5.41) is 0. The number of carbonyl (C=O) groups is 1. The number of fused-ring (bicyclic) bond motifs is 1. The Hall–Kier alpha value is -2.18. The second kappa shape index (κ2) is 7.21. The standard InChI is InChI=1S/C20H25N3O3/c1-14-8-16(9-15(2)21-14)20(24)23-11-17-10-22(5-7-26-19(17)13-23)12-18-4-3-6-25-18/h3-4,6,8-9,17,19H,5,7,10-13H2,1-2H3/t17-,19+/m1/s1. The van der Waals surface area contributed by atoms with Crippen molar-refractivity contribution in [3.8, 4) is 0 Å². The molecule has 0 bridgehead atoms. The van der Waals surface area contributed by atoms with Crippen LogP contribution >= 0.6 is 0 Å². The van der Waals surface area contributed by atoms with E-state index in [1.165, 1.54) is 0 Å². The molecule has 0 aliphatic carbocycles. The Morgan fingerprint density at radius 2 is 2.04 bits per heavy atom. The fourth-order valence-corrected chi connectivity index (χ4v) is 4.03. The van der Waals surface area contributed by atoms with Gasteiger partial charge >= 0.3 is 0 Å². The van der Waals surface area contributed by atoms with Gasteiger partial charge in [0.2, 0.25) is 0 Å². The van der Waals surface area contributed by atoms with Crippen LogP contribution in [0.5, 0.6) is 0 Å². The van der Waals surface area contributed by atoms with Gasteiger partial charge in [0.15, 0.2) is 0 Å². The number of furan rings is 1. The lowest BCUT2D eigenvalue weighted by Gasteiger charge is -2.22. The molecule has 26 heavy (non-hydrogen) atoms. The topological polar surface area (TPSA) is 58.8 Å². The van der Waals surface area contributed by atoms with E-state index in [-0.39, 0.29) is 12.0 Å². The molecule has 2 fully saturated rings. The van der Waals surface area contributed by atoms with Crippen molar-refractivity contribution >= 4 is 5.91 Å². The Balaban J connectivity index is 1.44. The third kappa shape index (κ3) is 3.66. The number of ether oxygens (including phenoxy) is 1. The smallest absolute Gasteiger partial charge is 0.254 e. The first kappa shape index (κ1) is 17.2. The zero-order chi connectivity index (χ0) is 18.1. The molecule has 0 saturated carbocycles. The number of likely N-dealkylation sites (tertiary alicyclic amines) is 1. The molecule has 2 aliphatic heterocycles. The average molecular weight is 355 g/mol. The summed E-state index contributed by atoms with van der Waals surface area (Å²) >= 11 is 0. The number of aromatic nitrogens is 1. The van der Waals surface area contributed by atoms with Gasteiger partial charge in [-0.1, -0.05) is 0 Å². The van der Waals surface area contributed by atoms with Crippen LogP contribution < -0.4 is 0 Å². The number of carbonyl (C=O) groups excluding carboxylic acids is 1. The lowest BCUT2D eigenvalue weighted by Crippen LogP contribution is -2.33. The number of nitrogens with zero attached hydrogens (tertiary/aromatic N) is 3. The largest absolute Gasteiger partial charge is 0.468 e. The summed E-state index contributed by atoms with van der Waals surface area (Å²) in [6.45, 7) is 8.54. The van der Waals surface area contributed by atoms with Gasteiger partial charge in [-0.3, -0.25) is 14.7 Å². The van der Waals surface area contributed by atoms with Gasteiger partial charge < -0.3 is 14.1 Å². The molecule has 1 amide bonds. The van der Waals surface area contributed by atoms with Crippen LogP contribution in [-0.4, -0.2) is 59.6 Å². The van der Waals surface area contributed by atoms with E-state index in [0.29, 0.717) is 19.1 Å². The van der Waals surface area contributed by atoms with Crippen LogP contribution in [0.25, 0.3) is 0 Å². The van der Waals surface area contributed by atoms with Crippen LogP contribution in [0.15, 0.2) is 34.9 Å². The van der Waals surface area contributed by atoms with E-state index in [2.05, 4.69) is 9.88 Å². The van der Waals surface area contributed by atoms with Crippen molar-refractivity contribution in [2.75, 3.05) is 32.8 Å². The van der Waals surface area contributed by atoms with Crippen molar-refractivity contribution < 1.29 is 13.9 Å². The molecule has 138 valence electrons. The minimum atomic E-state index is 0.0767. The van der Waals surface area contributed by atoms with E-state index in [4.69, 9.17) is 9.15 Å². The number of pyridine rings is 1. The summed E-state index contributed by atoms with van der Waals surface area (Å²) < 4.78 is 11.5. The molecule has 2 atom stereocenters. The minimum absolute atomic E-state index is 0.0767. The van der Waals surface area contributed by atoms with Crippen molar-refractivity contribution in [2.45, 2.75) is 26.5 Å². The lowest BCUT2D eigenvalue weighted by molar-refractivity contribution is 0.0482. The van der Waals surface area contributed by atoms with Crippen molar-refractivity contribution in [3.63, 3.8) is 0 Å². The first-order valence-electron chi connectivity index (χ1n) is 9.19. The summed E-state index contributed by atoms with van der Waals surface area (Å²) in [6, 6.07) is 7.66. The normalized spacial score (nSPS) is 23.7. The van der Waals surface area contributed by atoms with Crippen LogP contribution in [-0.2, 0) is 11.3 Å². The van der Waals surface area contributed by atoms with Gasteiger partial charge in [-0.2, -0.15) is 0 Å². The lowest BCUT2D eigenvalue weighted by atomic mass is 10.1. The van der Waals surface area contributed by atoms with Crippen LogP contribution in [0.3, 0.4) is 0 Å². The molecule has 6 heteroatoms. The highest BCUT2D eigenvalue weighted by Gasteiger charge is 2.38. The minimum Gasteiger partial charge on any atom is -0.468 e. The van der Waals surface area contributed by atoms with Crippen LogP contribution in [0.2, 0.25) is 0 Å². The predicted molar refractivity (Wildman–Crippen MR) is 96.8 cm³/mol. The third-order valence-electron chi connectivity index (χ3n) is 5.19. The number of aryl methyl sites for hydroxylation is 2. The molecule has 4 heterocycles. The first-order chi connectivity index (χ1) is 12.6. The van der Waals surface area contributed by atoms with Crippen molar-refractivity contribution in [2.24, 2.45) is 5.92 Å². The average Bonchev–Trinajstić information content (AvgIpc) is 3.20. The molecular formula is C20H25N3O3. The third-order valence-corrected chi connectivity index (χ3v) is 5.19. The summed E-state index contributed by atoms with van der Waals surface area (Å²) in [7, 11) is 0. The molecule has 6 nitrogen and oxygen atoms in total. The SMILES string of the molecule is Cc1cc(C(=O)N2C[C@H]3CN(Cc4ccco4)CCO[C@H]3C2)cc(C)n1. The predicted octanol–water partition coefficient (Wildman–Crippen LogP) is 2.26. The Bertz CT molecular complexity index is 754. The number of amides is 1. The van der Waals surface area contributed by atoms with Gasteiger partial charge in [-0.05, 0) is 38.1 Å². The van der Waals surface area contributed by atoms with Gasteiger partial charge in [-0.15, -0.1) is 0 Å². The molecule has 0 N–H and O–H groups in total. The summed E-state index contributed by atoms with van der Waals surface area (Å²) in [5.41, 5.74) is 2.48. The van der Waals surface area contributed by atoms with E-state index in [0.717, 1.165) is 48.9 Å². The molecule has 0 aromatic carbocycles. The molecule has 0 radical (unpaired) electrons. The van der Waals surface area contributed by atoms with E-state index in [1.807, 2.05) is 43.0 Å². The monoisotopic (exact) mass is 355 g/mol. The summed E-state index contributed by atoms with van der Waals surface area (Å²) in [4.78, 5) is 21.6. The molecule has 2 aliphatic rings. The Labute approximate surface area is 153 Å². The Kier molecular flexibility index (Phi) is 4.78. The fourth-order valence-electron chi connectivity index (χ4n) is 4.03. The van der Waals surface area contributed by atoms with Gasteiger partial charge in [0.1, 0.15) is 5.76 Å². The second-order valence-corrected chi connectivity index (χ2v) is 7.33. The second-order valence-electron chi connectivity index (χ2n) is 7.33. The molecule has 0 unspecified atom stereocenters. The Morgan fingerprint density at radius 3 is 2.77 bits per heavy atom. The molecule has 4 rings (SSSR count). The van der Waals surface area contributed by atoms with E-state index >= 15 is 0 Å². The highest BCUT2D eigenvalue weighted by molar-refractivity contribution is 5.94. The molecule has 0 spiro atoms. The summed E-state index contributed by atoms with van der Waals surface area (Å²) in [6.07, 6.45) is 1.82. The zero-order valence-electron chi connectivity index (χ0n) is 15.4. The molecule has 2 aromatic rings. The van der Waals surface area contributed by atoms with E-state index < -0.39 is 0 Å². The van der Waals surface area contributed by atoms with Crippen LogP contribution in [0.1, 0.15) is 27.5 Å². The number of hydrogen-bond donors (Lipinski definition) is 0. The number of rotatable bonds is 3. The highest BCUT2D eigenvalue weighted by atomic mass is 16.5. The quantitative estimate of drug-likeness (QED) is 0.845. The van der Waals surface area contributed by atoms with Gasteiger partial charge in [0.25, 0.3) is 5.91 Å².